The highest BCUT2D eigenvalue weighted by Gasteiger charge is 2.14. The Morgan fingerprint density at radius 2 is 1.48 bits per heavy atom. The van der Waals surface area contributed by atoms with Gasteiger partial charge in [-0.15, -0.1) is 0 Å². The number of nitrogens with one attached hydrogen (secondary N) is 3. The van der Waals surface area contributed by atoms with Crippen molar-refractivity contribution in [1.29, 1.82) is 0 Å². The van der Waals surface area contributed by atoms with Gasteiger partial charge in [-0.2, -0.15) is 0 Å². The van der Waals surface area contributed by atoms with Gasteiger partial charge >= 0.3 is 0 Å². The SMILES string of the molecule is O=C(Cc1ccc(NS(=O)(=O)c2ccc(F)cc2)cc1)NCCCNc1ccccc1. The highest BCUT2D eigenvalue weighted by molar-refractivity contribution is 7.92. The first-order valence-electron chi connectivity index (χ1n) is 9.85. The number of carbonyl (C=O) groups excluding carboxylic acids is 1. The number of anilines is 2. The van der Waals surface area contributed by atoms with E-state index >= 15 is 0 Å². The van der Waals surface area contributed by atoms with E-state index in [0.29, 0.717) is 12.2 Å². The lowest BCUT2D eigenvalue weighted by atomic mass is 10.1. The number of rotatable bonds is 10. The van der Waals surface area contributed by atoms with Crippen molar-refractivity contribution in [2.45, 2.75) is 17.7 Å². The van der Waals surface area contributed by atoms with Crippen molar-refractivity contribution in [3.8, 4) is 0 Å². The van der Waals surface area contributed by atoms with Gasteiger partial charge in [-0.25, -0.2) is 12.8 Å². The summed E-state index contributed by atoms with van der Waals surface area (Å²) in [6.07, 6.45) is 1.00. The normalized spacial score (nSPS) is 11.0. The lowest BCUT2D eigenvalue weighted by Crippen LogP contribution is -2.27. The second-order valence-corrected chi connectivity index (χ2v) is 8.61. The van der Waals surface area contributed by atoms with Crippen LogP contribution in [-0.4, -0.2) is 27.4 Å². The van der Waals surface area contributed by atoms with Gasteiger partial charge in [0, 0.05) is 24.5 Å². The zero-order chi connectivity index (χ0) is 22.1. The standard InChI is InChI=1S/C23H24FN3O3S/c24-19-9-13-22(14-10-19)31(29,30)27-21-11-7-18(8-12-21)17-23(28)26-16-4-15-25-20-5-2-1-3-6-20/h1-3,5-14,25,27H,4,15-17H2,(H,26,28). The van der Waals surface area contributed by atoms with E-state index in [0.717, 1.165) is 36.3 Å². The number of hydrogen-bond acceptors (Lipinski definition) is 4. The topological polar surface area (TPSA) is 87.3 Å². The summed E-state index contributed by atoms with van der Waals surface area (Å²) in [4.78, 5) is 12.1. The van der Waals surface area contributed by atoms with Crippen LogP contribution < -0.4 is 15.4 Å². The summed E-state index contributed by atoms with van der Waals surface area (Å²) < 4.78 is 40.1. The fraction of sp³-hybridized carbons (Fsp3) is 0.174. The van der Waals surface area contributed by atoms with Crippen molar-refractivity contribution in [1.82, 2.24) is 5.32 Å². The average Bonchev–Trinajstić information content (AvgIpc) is 2.76. The third-order valence-corrected chi connectivity index (χ3v) is 5.87. The zero-order valence-corrected chi connectivity index (χ0v) is 17.7. The Hall–Kier alpha value is -3.39. The molecule has 0 spiro atoms. The van der Waals surface area contributed by atoms with Gasteiger partial charge in [0.05, 0.1) is 11.3 Å². The van der Waals surface area contributed by atoms with E-state index in [2.05, 4.69) is 15.4 Å². The van der Waals surface area contributed by atoms with Crippen LogP contribution in [0.15, 0.2) is 83.8 Å². The monoisotopic (exact) mass is 441 g/mol. The molecule has 0 saturated heterocycles. The molecular formula is C23H24FN3O3S. The summed E-state index contributed by atoms with van der Waals surface area (Å²) in [7, 11) is -3.81. The number of amides is 1. The van der Waals surface area contributed by atoms with Gasteiger partial charge in [0.15, 0.2) is 0 Å². The molecular weight excluding hydrogens is 417 g/mol. The lowest BCUT2D eigenvalue weighted by molar-refractivity contribution is -0.120. The Morgan fingerprint density at radius 3 is 2.16 bits per heavy atom. The molecule has 3 aromatic rings. The van der Waals surface area contributed by atoms with Gasteiger partial charge in [-0.05, 0) is 60.5 Å². The Morgan fingerprint density at radius 1 is 0.806 bits per heavy atom. The molecule has 0 saturated carbocycles. The van der Waals surface area contributed by atoms with E-state index in [1.165, 1.54) is 12.1 Å². The summed E-state index contributed by atoms with van der Waals surface area (Å²) >= 11 is 0. The first kappa shape index (κ1) is 22.3. The maximum absolute atomic E-state index is 13.0. The van der Waals surface area contributed by atoms with Crippen LogP contribution in [0.1, 0.15) is 12.0 Å². The molecule has 6 nitrogen and oxygen atoms in total. The fourth-order valence-electron chi connectivity index (χ4n) is 2.87. The minimum absolute atomic E-state index is 0.0286. The maximum Gasteiger partial charge on any atom is 0.261 e. The van der Waals surface area contributed by atoms with Crippen LogP contribution in [0.3, 0.4) is 0 Å². The molecule has 0 bridgehead atoms. The van der Waals surface area contributed by atoms with E-state index in [9.17, 15) is 17.6 Å². The zero-order valence-electron chi connectivity index (χ0n) is 16.8. The molecule has 1 amide bonds. The van der Waals surface area contributed by atoms with E-state index in [-0.39, 0.29) is 17.2 Å². The maximum atomic E-state index is 13.0. The molecule has 0 aliphatic carbocycles. The van der Waals surface area contributed by atoms with Crippen LogP contribution >= 0.6 is 0 Å². The summed E-state index contributed by atoms with van der Waals surface area (Å²) in [5, 5.41) is 6.16. The van der Waals surface area contributed by atoms with Gasteiger partial charge in [0.2, 0.25) is 5.91 Å². The highest BCUT2D eigenvalue weighted by atomic mass is 32.2. The Bertz CT molecular complexity index is 1090. The van der Waals surface area contributed by atoms with E-state index in [4.69, 9.17) is 0 Å². The molecule has 0 radical (unpaired) electrons. The van der Waals surface area contributed by atoms with Gasteiger partial charge in [-0.1, -0.05) is 30.3 Å². The van der Waals surface area contributed by atoms with Crippen molar-refractivity contribution in [3.63, 3.8) is 0 Å². The average molecular weight is 442 g/mol. The number of para-hydroxylation sites is 1. The van der Waals surface area contributed by atoms with Crippen LogP contribution in [0.4, 0.5) is 15.8 Å². The number of sulfonamides is 1. The number of benzene rings is 3. The van der Waals surface area contributed by atoms with Gasteiger partial charge in [-0.3, -0.25) is 9.52 Å². The largest absolute Gasteiger partial charge is 0.385 e. The van der Waals surface area contributed by atoms with Crippen LogP contribution in [0.2, 0.25) is 0 Å². The molecule has 3 N–H and O–H groups in total. The minimum Gasteiger partial charge on any atom is -0.385 e. The summed E-state index contributed by atoms with van der Waals surface area (Å²) in [5.41, 5.74) is 2.18. The predicted octanol–water partition coefficient (Wildman–Crippen LogP) is 3.79. The Labute approximate surface area is 181 Å². The molecule has 0 aromatic heterocycles. The second-order valence-electron chi connectivity index (χ2n) is 6.93. The summed E-state index contributed by atoms with van der Waals surface area (Å²) in [5.74, 6) is -0.603. The van der Waals surface area contributed by atoms with Gasteiger partial charge in [0.25, 0.3) is 10.0 Å². The van der Waals surface area contributed by atoms with Crippen molar-refractivity contribution < 1.29 is 17.6 Å². The third kappa shape index (κ3) is 7.11. The smallest absolute Gasteiger partial charge is 0.261 e. The van der Waals surface area contributed by atoms with Crippen LogP contribution in [0.5, 0.6) is 0 Å². The molecule has 3 rings (SSSR count). The molecule has 8 heteroatoms. The van der Waals surface area contributed by atoms with E-state index in [1.807, 2.05) is 30.3 Å². The van der Waals surface area contributed by atoms with Crippen LogP contribution in [0, 0.1) is 5.82 Å². The predicted molar refractivity (Wildman–Crippen MR) is 120 cm³/mol. The van der Waals surface area contributed by atoms with E-state index < -0.39 is 15.8 Å². The molecule has 0 unspecified atom stereocenters. The first-order valence-corrected chi connectivity index (χ1v) is 11.3. The Balaban J connectivity index is 1.42. The van der Waals surface area contributed by atoms with E-state index in [1.54, 1.807) is 24.3 Å². The fourth-order valence-corrected chi connectivity index (χ4v) is 3.93. The molecule has 31 heavy (non-hydrogen) atoms. The van der Waals surface area contributed by atoms with Crippen molar-refractivity contribution in [2.75, 3.05) is 23.1 Å². The quantitative estimate of drug-likeness (QED) is 0.418. The lowest BCUT2D eigenvalue weighted by Gasteiger charge is -2.10. The number of hydrogen-bond donors (Lipinski definition) is 3. The second kappa shape index (κ2) is 10.6. The van der Waals surface area contributed by atoms with Crippen molar-refractivity contribution in [2.24, 2.45) is 0 Å². The molecule has 0 heterocycles. The molecule has 0 aliphatic rings. The minimum atomic E-state index is -3.81. The molecule has 162 valence electrons. The van der Waals surface area contributed by atoms with Crippen LogP contribution in [0.25, 0.3) is 0 Å². The molecule has 0 atom stereocenters. The van der Waals surface area contributed by atoms with Crippen molar-refractivity contribution >= 4 is 27.3 Å². The van der Waals surface area contributed by atoms with Gasteiger partial charge in [0.1, 0.15) is 5.82 Å². The molecule has 0 aliphatic heterocycles. The first-order chi connectivity index (χ1) is 14.9. The highest BCUT2D eigenvalue weighted by Crippen LogP contribution is 2.17. The van der Waals surface area contributed by atoms with Gasteiger partial charge < -0.3 is 10.6 Å². The molecule has 0 fully saturated rings. The third-order valence-electron chi connectivity index (χ3n) is 4.47. The number of carbonyl (C=O) groups is 1. The molecule has 3 aromatic carbocycles. The number of halogens is 1. The summed E-state index contributed by atoms with van der Waals surface area (Å²) in [6.45, 7) is 1.32. The van der Waals surface area contributed by atoms with Crippen molar-refractivity contribution in [3.05, 3.63) is 90.2 Å². The summed E-state index contributed by atoms with van der Waals surface area (Å²) in [6, 6.07) is 21.0. The Kier molecular flexibility index (Phi) is 7.61. The van der Waals surface area contributed by atoms with Crippen LogP contribution in [-0.2, 0) is 21.2 Å².